The molecule has 3 unspecified atom stereocenters. The van der Waals surface area contributed by atoms with Crippen LogP contribution in [0, 0.1) is 52.3 Å². The second kappa shape index (κ2) is 10.9. The Kier molecular flexibility index (Phi) is 8.16. The molecular formula is C29H46N2O6S2. The molecule has 4 saturated carbocycles. The second-order valence-corrected chi connectivity index (χ2v) is 16.2. The smallest absolute Gasteiger partial charge is 0.421 e. The summed E-state index contributed by atoms with van der Waals surface area (Å²) in [4.78, 5) is 15.9. The number of aliphatic hydroxyl groups excluding tert-OH is 2. The average molecular weight is 583 g/mol. The van der Waals surface area contributed by atoms with Gasteiger partial charge in [-0.15, -0.1) is 11.3 Å². The number of aromatic nitrogens is 1. The Morgan fingerprint density at radius 1 is 1.15 bits per heavy atom. The minimum absolute atomic E-state index is 0.133. The van der Waals surface area contributed by atoms with E-state index in [1.54, 1.807) is 0 Å². The van der Waals surface area contributed by atoms with Crippen molar-refractivity contribution in [3.05, 3.63) is 11.6 Å². The number of carbonyl (C=O) groups is 1. The van der Waals surface area contributed by atoms with Gasteiger partial charge in [0.15, 0.2) is 0 Å². The number of ether oxygens (including phenoxy) is 1. The first-order valence-electron chi connectivity index (χ1n) is 14.9. The highest BCUT2D eigenvalue weighted by atomic mass is 32.2. The third-order valence-electron chi connectivity index (χ3n) is 11.8. The van der Waals surface area contributed by atoms with E-state index >= 15 is 0 Å². The zero-order valence-electron chi connectivity index (χ0n) is 23.7. The van der Waals surface area contributed by atoms with Gasteiger partial charge in [-0.1, -0.05) is 34.1 Å². The van der Waals surface area contributed by atoms with Crippen molar-refractivity contribution in [2.45, 2.75) is 102 Å². The van der Waals surface area contributed by atoms with Crippen LogP contribution in [0.5, 0.6) is 0 Å². The molecule has 1 amide bonds. The van der Waals surface area contributed by atoms with Crippen LogP contribution in [0.25, 0.3) is 0 Å². The maximum Gasteiger partial charge on any atom is 0.421 e. The molecule has 1 aromatic heterocycles. The number of aliphatic hydroxyl groups is 2. The van der Waals surface area contributed by atoms with Crippen molar-refractivity contribution in [2.75, 3.05) is 6.61 Å². The van der Waals surface area contributed by atoms with Gasteiger partial charge in [-0.3, -0.25) is 0 Å². The molecule has 3 N–H and O–H groups in total. The molecule has 5 rings (SSSR count). The number of nitrogens with zero attached hydrogens (tertiary/aromatic N) is 1. The summed E-state index contributed by atoms with van der Waals surface area (Å²) in [7, 11) is -4.00. The predicted octanol–water partition coefficient (Wildman–Crippen LogP) is 5.21. The lowest BCUT2D eigenvalue weighted by Gasteiger charge is -2.64. The molecule has 1 aromatic rings. The first-order valence-corrected chi connectivity index (χ1v) is 17.2. The van der Waals surface area contributed by atoms with Crippen molar-refractivity contribution in [2.24, 2.45) is 52.3 Å². The Labute approximate surface area is 237 Å². The molecule has 0 bridgehead atoms. The van der Waals surface area contributed by atoms with Gasteiger partial charge in [0, 0.05) is 11.6 Å². The Morgan fingerprint density at radius 2 is 1.87 bits per heavy atom. The van der Waals surface area contributed by atoms with E-state index in [1.807, 2.05) is 4.72 Å². The number of sulfonamides is 1. The van der Waals surface area contributed by atoms with Crippen LogP contribution in [0.2, 0.25) is 0 Å². The molecule has 1 heterocycles. The number of amides is 1. The van der Waals surface area contributed by atoms with Crippen LogP contribution >= 0.6 is 11.3 Å². The zero-order chi connectivity index (χ0) is 28.2. The molecule has 8 nitrogen and oxygen atoms in total. The van der Waals surface area contributed by atoms with Crippen molar-refractivity contribution in [1.82, 2.24) is 9.71 Å². The van der Waals surface area contributed by atoms with E-state index in [0.29, 0.717) is 41.9 Å². The fourth-order valence-electron chi connectivity index (χ4n) is 10.00. The summed E-state index contributed by atoms with van der Waals surface area (Å²) in [5.41, 5.74) is 0.322. The molecule has 0 aliphatic heterocycles. The third kappa shape index (κ3) is 5.06. The van der Waals surface area contributed by atoms with Crippen molar-refractivity contribution in [3.63, 3.8) is 0 Å². The average Bonchev–Trinajstić information content (AvgIpc) is 3.54. The highest BCUT2D eigenvalue weighted by Gasteiger charge is 2.64. The maximum atomic E-state index is 12.2. The van der Waals surface area contributed by atoms with E-state index in [4.69, 9.17) is 4.74 Å². The summed E-state index contributed by atoms with van der Waals surface area (Å²) in [6, 6.07) is 0. The van der Waals surface area contributed by atoms with Crippen molar-refractivity contribution in [1.29, 1.82) is 0 Å². The lowest BCUT2D eigenvalue weighted by molar-refractivity contribution is -0.203. The number of carbonyl (C=O) groups excluding carboxylic acids is 1. The fraction of sp³-hybridized carbons (Fsp3) is 0.862. The van der Waals surface area contributed by atoms with Crippen LogP contribution in [0.1, 0.15) is 85.5 Å². The van der Waals surface area contributed by atoms with Crippen LogP contribution < -0.4 is 4.72 Å². The Morgan fingerprint density at radius 3 is 2.56 bits per heavy atom. The van der Waals surface area contributed by atoms with E-state index in [9.17, 15) is 23.4 Å². The van der Waals surface area contributed by atoms with Crippen molar-refractivity contribution < 1.29 is 28.2 Å². The summed E-state index contributed by atoms with van der Waals surface area (Å²) in [5.74, 6) is 2.72. The first kappa shape index (κ1) is 29.3. The van der Waals surface area contributed by atoms with Crippen molar-refractivity contribution in [3.8, 4) is 0 Å². The maximum absolute atomic E-state index is 12.2. The summed E-state index contributed by atoms with van der Waals surface area (Å²) in [6.07, 6.45) is 8.77. The number of hydrogen-bond donors (Lipinski definition) is 3. The van der Waals surface area contributed by atoms with Crippen molar-refractivity contribution >= 4 is 27.5 Å². The molecule has 10 heteroatoms. The number of thiazole rings is 1. The lowest BCUT2D eigenvalue weighted by Crippen LogP contribution is -2.62. The SMILES string of the molecule is CC[C@@H]1C2C[C@H](O)CC[C@]2(C)[C@H]2CCC3(C)[C@@H]([C@H](C)CCOC(=O)NS(=O)(=O)c4nccs4)CC[C@H]3C2[C@@H]1O. The number of fused-ring (bicyclic) bond motifs is 5. The molecule has 4 fully saturated rings. The predicted molar refractivity (Wildman–Crippen MR) is 149 cm³/mol. The Hall–Kier alpha value is -1.23. The van der Waals surface area contributed by atoms with Gasteiger partial charge in [-0.25, -0.2) is 14.5 Å². The normalized spacial score (nSPS) is 42.6. The highest BCUT2D eigenvalue weighted by Crippen LogP contribution is 2.69. The fourth-order valence-corrected chi connectivity index (χ4v) is 11.7. The molecular weight excluding hydrogens is 536 g/mol. The van der Waals surface area contributed by atoms with E-state index in [2.05, 4.69) is 32.7 Å². The molecule has 0 saturated heterocycles. The molecule has 11 atom stereocenters. The van der Waals surface area contributed by atoms with Crippen LogP contribution in [0.3, 0.4) is 0 Å². The van der Waals surface area contributed by atoms with E-state index in [0.717, 1.165) is 62.7 Å². The van der Waals surface area contributed by atoms with Crippen LogP contribution in [-0.4, -0.2) is 48.5 Å². The van der Waals surface area contributed by atoms with E-state index in [1.165, 1.54) is 11.6 Å². The number of hydrogen-bond acceptors (Lipinski definition) is 8. The van der Waals surface area contributed by atoms with Gasteiger partial charge < -0.3 is 14.9 Å². The second-order valence-electron chi connectivity index (χ2n) is 13.4. The Balaban J connectivity index is 1.23. The topological polar surface area (TPSA) is 126 Å². The number of nitrogens with one attached hydrogen (secondary N) is 1. The molecule has 220 valence electrons. The minimum atomic E-state index is -4.00. The van der Waals surface area contributed by atoms with Crippen LogP contribution in [0.4, 0.5) is 4.79 Å². The van der Waals surface area contributed by atoms with Crippen LogP contribution in [-0.2, 0) is 14.8 Å². The standard InChI is InChI=1S/C29H46N2O6S2/c1-5-19-23-16-18(32)8-11-29(23,4)22-9-12-28(3)20(6-7-21(28)24(22)25(19)33)17(2)10-14-37-26(34)31-39(35,36)27-30-13-15-38-27/h13,15,17-25,32-33H,5-12,14,16H2,1-4H3,(H,31,34)/t17-,18-,19-,20-,21+,22+,23?,24?,25-,28?,29-/m1/s1. The number of rotatable bonds is 7. The molecule has 0 spiro atoms. The highest BCUT2D eigenvalue weighted by molar-refractivity contribution is 7.92. The largest absolute Gasteiger partial charge is 0.449 e. The zero-order valence-corrected chi connectivity index (χ0v) is 25.3. The summed E-state index contributed by atoms with van der Waals surface area (Å²) in [6.45, 7) is 9.49. The third-order valence-corrected chi connectivity index (χ3v) is 14.3. The molecule has 0 aromatic carbocycles. The molecule has 4 aliphatic carbocycles. The monoisotopic (exact) mass is 582 g/mol. The molecule has 4 aliphatic rings. The first-order chi connectivity index (χ1) is 18.4. The quantitative estimate of drug-likeness (QED) is 0.403. The van der Waals surface area contributed by atoms with Gasteiger partial charge in [0.25, 0.3) is 10.0 Å². The van der Waals surface area contributed by atoms with Gasteiger partial charge in [0.2, 0.25) is 4.34 Å². The van der Waals surface area contributed by atoms with Gasteiger partial charge >= 0.3 is 6.09 Å². The molecule has 0 radical (unpaired) electrons. The van der Waals surface area contributed by atoms with Gasteiger partial charge in [0.05, 0.1) is 18.8 Å². The van der Waals surface area contributed by atoms with Crippen LogP contribution in [0.15, 0.2) is 15.9 Å². The van der Waals surface area contributed by atoms with E-state index < -0.39 is 16.1 Å². The van der Waals surface area contributed by atoms with Gasteiger partial charge in [-0.05, 0) is 104 Å². The Bertz CT molecular complexity index is 1130. The summed E-state index contributed by atoms with van der Waals surface area (Å²) >= 11 is 0.944. The van der Waals surface area contributed by atoms with E-state index in [-0.39, 0.29) is 39.9 Å². The summed E-state index contributed by atoms with van der Waals surface area (Å²) < 4.78 is 31.5. The minimum Gasteiger partial charge on any atom is -0.449 e. The lowest BCUT2D eigenvalue weighted by atomic mass is 9.41. The van der Waals surface area contributed by atoms with Gasteiger partial charge in [0.1, 0.15) is 0 Å². The summed E-state index contributed by atoms with van der Waals surface area (Å²) in [5, 5.41) is 23.9. The molecule has 39 heavy (non-hydrogen) atoms. The van der Waals surface area contributed by atoms with Gasteiger partial charge in [-0.2, -0.15) is 8.42 Å².